The van der Waals surface area contributed by atoms with Gasteiger partial charge in [-0.05, 0) is 37.1 Å². The average Bonchev–Trinajstić information content (AvgIpc) is 2.30. The zero-order valence-corrected chi connectivity index (χ0v) is 11.9. The lowest BCUT2D eigenvalue weighted by atomic mass is 9.61. The molecule has 1 aliphatic carbocycles. The number of hydrogen-bond acceptors (Lipinski definition) is 3. The Bertz CT molecular complexity index is 660. The summed E-state index contributed by atoms with van der Waals surface area (Å²) in [5.41, 5.74) is -0.0970. The molecule has 1 saturated heterocycles. The molecule has 1 aromatic carbocycles. The van der Waals surface area contributed by atoms with Crippen LogP contribution in [0.15, 0.2) is 29.2 Å². The Morgan fingerprint density at radius 2 is 1.86 bits per heavy atom. The van der Waals surface area contributed by atoms with Crippen LogP contribution in [0.25, 0.3) is 0 Å². The van der Waals surface area contributed by atoms with E-state index in [0.29, 0.717) is 25.9 Å². The van der Waals surface area contributed by atoms with Gasteiger partial charge < -0.3 is 10.4 Å². The standard InChI is InChI=1S/C13H15FN2O4S/c14-9-1-3-11(4-2-9)21(19,20)16-7-13(8-16)5-10(6-13)15-12(17)18/h1-4,10,15H,5-8H2,(H,17,18). The van der Waals surface area contributed by atoms with E-state index in [4.69, 9.17) is 5.11 Å². The van der Waals surface area contributed by atoms with Gasteiger partial charge in [0.25, 0.3) is 0 Å². The van der Waals surface area contributed by atoms with Gasteiger partial charge in [-0.2, -0.15) is 4.31 Å². The first-order chi connectivity index (χ1) is 9.81. The minimum absolute atomic E-state index is 0.0817. The molecule has 1 saturated carbocycles. The molecule has 2 aliphatic rings. The van der Waals surface area contributed by atoms with Crippen LogP contribution < -0.4 is 5.32 Å². The summed E-state index contributed by atoms with van der Waals surface area (Å²) in [6, 6.07) is 4.67. The Balaban J connectivity index is 1.61. The van der Waals surface area contributed by atoms with Crippen molar-refractivity contribution in [3.05, 3.63) is 30.1 Å². The lowest BCUT2D eigenvalue weighted by Gasteiger charge is -2.58. The molecule has 3 rings (SSSR count). The molecule has 114 valence electrons. The summed E-state index contributed by atoms with van der Waals surface area (Å²) in [5, 5.41) is 11.0. The van der Waals surface area contributed by atoms with Crippen molar-refractivity contribution in [3.8, 4) is 0 Å². The molecule has 0 aromatic heterocycles. The Morgan fingerprint density at radius 3 is 2.38 bits per heavy atom. The molecule has 0 radical (unpaired) electrons. The fourth-order valence-electron chi connectivity index (χ4n) is 3.15. The highest BCUT2D eigenvalue weighted by atomic mass is 32.2. The molecule has 8 heteroatoms. The van der Waals surface area contributed by atoms with Gasteiger partial charge in [-0.25, -0.2) is 17.6 Å². The van der Waals surface area contributed by atoms with Gasteiger partial charge in [-0.15, -0.1) is 0 Å². The fourth-order valence-corrected chi connectivity index (χ4v) is 4.81. The van der Waals surface area contributed by atoms with Gasteiger partial charge in [0.15, 0.2) is 0 Å². The zero-order chi connectivity index (χ0) is 15.3. The number of hydrogen-bond donors (Lipinski definition) is 2. The average molecular weight is 314 g/mol. The van der Waals surface area contributed by atoms with Crippen molar-refractivity contribution in [2.75, 3.05) is 13.1 Å². The van der Waals surface area contributed by atoms with Crippen molar-refractivity contribution in [1.82, 2.24) is 9.62 Å². The number of sulfonamides is 1. The lowest BCUT2D eigenvalue weighted by Crippen LogP contribution is -2.67. The molecule has 1 spiro atoms. The van der Waals surface area contributed by atoms with Gasteiger partial charge in [0.05, 0.1) is 4.90 Å². The molecule has 1 aromatic rings. The Kier molecular flexibility index (Phi) is 3.18. The third-order valence-electron chi connectivity index (χ3n) is 4.16. The smallest absolute Gasteiger partial charge is 0.404 e. The topological polar surface area (TPSA) is 86.7 Å². The first kappa shape index (κ1) is 14.3. The Labute approximate surface area is 121 Å². The van der Waals surface area contributed by atoms with Crippen LogP contribution in [0.3, 0.4) is 0 Å². The van der Waals surface area contributed by atoms with Gasteiger partial charge in [0.2, 0.25) is 10.0 Å². The second-order valence-electron chi connectivity index (χ2n) is 5.78. The van der Waals surface area contributed by atoms with Crippen molar-refractivity contribution in [1.29, 1.82) is 0 Å². The van der Waals surface area contributed by atoms with E-state index in [0.717, 1.165) is 12.1 Å². The molecule has 1 aliphatic heterocycles. The first-order valence-electron chi connectivity index (χ1n) is 6.56. The number of benzene rings is 1. The molecule has 6 nitrogen and oxygen atoms in total. The maximum absolute atomic E-state index is 12.8. The van der Waals surface area contributed by atoms with Gasteiger partial charge in [0.1, 0.15) is 5.82 Å². The number of rotatable bonds is 3. The predicted molar refractivity (Wildman–Crippen MR) is 71.8 cm³/mol. The summed E-state index contributed by atoms with van der Waals surface area (Å²) in [7, 11) is -3.58. The summed E-state index contributed by atoms with van der Waals surface area (Å²) in [4.78, 5) is 10.6. The minimum Gasteiger partial charge on any atom is -0.465 e. The number of carboxylic acid groups (broad SMARTS) is 1. The molecule has 2 fully saturated rings. The van der Waals surface area contributed by atoms with Crippen LogP contribution in [0.1, 0.15) is 12.8 Å². The van der Waals surface area contributed by atoms with Crippen LogP contribution in [0.5, 0.6) is 0 Å². The molecule has 1 amide bonds. The van der Waals surface area contributed by atoms with Crippen LogP contribution in [-0.2, 0) is 10.0 Å². The number of nitrogens with one attached hydrogen (secondary N) is 1. The summed E-state index contributed by atoms with van der Waals surface area (Å²) < 4.78 is 38.8. The third kappa shape index (κ3) is 2.49. The van der Waals surface area contributed by atoms with Crippen LogP contribution in [0.2, 0.25) is 0 Å². The van der Waals surface area contributed by atoms with Crippen molar-refractivity contribution in [2.24, 2.45) is 5.41 Å². The van der Waals surface area contributed by atoms with Gasteiger partial charge in [-0.3, -0.25) is 0 Å². The van der Waals surface area contributed by atoms with Crippen LogP contribution in [0.4, 0.5) is 9.18 Å². The molecule has 1 heterocycles. The number of halogens is 1. The SMILES string of the molecule is O=C(O)NC1CC2(C1)CN(S(=O)(=O)c1ccc(F)cc1)C2. The maximum Gasteiger partial charge on any atom is 0.404 e. The van der Waals surface area contributed by atoms with E-state index in [1.54, 1.807) is 0 Å². The van der Waals surface area contributed by atoms with E-state index in [2.05, 4.69) is 5.32 Å². The molecular weight excluding hydrogens is 299 g/mol. The second-order valence-corrected chi connectivity index (χ2v) is 7.72. The number of amides is 1. The summed E-state index contributed by atoms with van der Waals surface area (Å²) in [6.45, 7) is 0.787. The van der Waals surface area contributed by atoms with Gasteiger partial charge >= 0.3 is 6.09 Å². The molecule has 0 unspecified atom stereocenters. The van der Waals surface area contributed by atoms with Crippen molar-refractivity contribution in [3.63, 3.8) is 0 Å². The summed E-state index contributed by atoms with van der Waals surface area (Å²) in [5.74, 6) is -0.476. The Morgan fingerprint density at radius 1 is 1.29 bits per heavy atom. The number of nitrogens with zero attached hydrogens (tertiary/aromatic N) is 1. The van der Waals surface area contributed by atoms with Gasteiger partial charge in [0, 0.05) is 24.5 Å². The van der Waals surface area contributed by atoms with Crippen molar-refractivity contribution >= 4 is 16.1 Å². The van der Waals surface area contributed by atoms with Gasteiger partial charge in [-0.1, -0.05) is 0 Å². The van der Waals surface area contributed by atoms with E-state index < -0.39 is 21.9 Å². The monoisotopic (exact) mass is 314 g/mol. The van der Waals surface area contributed by atoms with E-state index in [-0.39, 0.29) is 16.4 Å². The highest BCUT2D eigenvalue weighted by molar-refractivity contribution is 7.89. The highest BCUT2D eigenvalue weighted by Gasteiger charge is 2.55. The summed E-state index contributed by atoms with van der Waals surface area (Å²) >= 11 is 0. The molecule has 21 heavy (non-hydrogen) atoms. The summed E-state index contributed by atoms with van der Waals surface area (Å²) in [6.07, 6.45) is 0.272. The van der Waals surface area contributed by atoms with Crippen molar-refractivity contribution in [2.45, 2.75) is 23.8 Å². The van der Waals surface area contributed by atoms with E-state index in [1.807, 2.05) is 0 Å². The normalized spacial score (nSPS) is 21.6. The molecule has 2 N–H and O–H groups in total. The molecular formula is C13H15FN2O4S. The highest BCUT2D eigenvalue weighted by Crippen LogP contribution is 2.49. The van der Waals surface area contributed by atoms with Crippen LogP contribution in [0, 0.1) is 11.2 Å². The van der Waals surface area contributed by atoms with Crippen molar-refractivity contribution < 1.29 is 22.7 Å². The third-order valence-corrected chi connectivity index (χ3v) is 5.97. The number of carbonyl (C=O) groups is 1. The quantitative estimate of drug-likeness (QED) is 0.879. The van der Waals surface area contributed by atoms with Crippen LogP contribution in [-0.4, -0.2) is 43.1 Å². The molecule has 0 atom stereocenters. The maximum atomic E-state index is 12.8. The minimum atomic E-state index is -3.58. The zero-order valence-electron chi connectivity index (χ0n) is 11.1. The lowest BCUT2D eigenvalue weighted by molar-refractivity contribution is -0.0319. The Hall–Kier alpha value is -1.67. The molecule has 0 bridgehead atoms. The second kappa shape index (κ2) is 4.67. The predicted octanol–water partition coefficient (Wildman–Crippen LogP) is 1.25. The van der Waals surface area contributed by atoms with E-state index in [1.165, 1.54) is 16.4 Å². The first-order valence-corrected chi connectivity index (χ1v) is 8.00. The van der Waals surface area contributed by atoms with E-state index >= 15 is 0 Å². The largest absolute Gasteiger partial charge is 0.465 e. The van der Waals surface area contributed by atoms with E-state index in [9.17, 15) is 17.6 Å². The van der Waals surface area contributed by atoms with Crippen LogP contribution >= 0.6 is 0 Å². The fraction of sp³-hybridized carbons (Fsp3) is 0.462.